The van der Waals surface area contributed by atoms with Crippen molar-refractivity contribution >= 4 is 5.91 Å². The number of carbonyl (C=O) groups is 1. The van der Waals surface area contributed by atoms with Crippen LogP contribution in [0.5, 0.6) is 0 Å². The molecule has 0 aromatic carbocycles. The third kappa shape index (κ3) is 35.7. The molecule has 0 aliphatic carbocycles. The van der Waals surface area contributed by atoms with Crippen molar-refractivity contribution in [2.24, 2.45) is 0 Å². The zero-order valence-corrected chi connectivity index (χ0v) is 56.8. The van der Waals surface area contributed by atoms with E-state index in [0.717, 1.165) is 51.4 Å². The molecule has 17 atom stereocenters. The van der Waals surface area contributed by atoms with Crippen LogP contribution in [0, 0.1) is 0 Å². The highest BCUT2D eigenvalue weighted by atomic mass is 16.8. The van der Waals surface area contributed by atoms with Crippen LogP contribution in [0.25, 0.3) is 0 Å². The smallest absolute Gasteiger partial charge is 0.220 e. The maximum atomic E-state index is 13.4. The molecule has 0 radical (unpaired) electrons. The molecule has 1 amide bonds. The molecule has 3 rings (SSSR count). The largest absolute Gasteiger partial charge is 0.394 e. The van der Waals surface area contributed by atoms with Crippen molar-refractivity contribution in [3.63, 3.8) is 0 Å². The zero-order chi connectivity index (χ0) is 66.8. The number of unbranched alkanes of at least 4 members (excludes halogenated alkanes) is 32. The lowest BCUT2D eigenvalue weighted by Gasteiger charge is -2.48. The molecule has 3 aliphatic heterocycles. The number of carbonyl (C=O) groups excluding carboxylic acids is 1. The van der Waals surface area contributed by atoms with Crippen molar-refractivity contribution in [3.8, 4) is 0 Å². The third-order valence-electron chi connectivity index (χ3n) is 18.0. The Morgan fingerprint density at radius 1 is 0.391 bits per heavy atom. The highest BCUT2D eigenvalue weighted by Gasteiger charge is 2.53. The van der Waals surface area contributed by atoms with Crippen molar-refractivity contribution in [2.45, 2.75) is 369 Å². The van der Waals surface area contributed by atoms with Gasteiger partial charge in [-0.1, -0.05) is 242 Å². The van der Waals surface area contributed by atoms with E-state index in [1.165, 1.54) is 180 Å². The van der Waals surface area contributed by atoms with E-state index in [2.05, 4.69) is 67.8 Å². The molecule has 536 valence electrons. The summed E-state index contributed by atoms with van der Waals surface area (Å²) in [4.78, 5) is 13.4. The summed E-state index contributed by atoms with van der Waals surface area (Å²) in [6.45, 7) is 1.70. The number of ether oxygens (including phenoxy) is 6. The summed E-state index contributed by atoms with van der Waals surface area (Å²) in [5, 5.41) is 120. The second kappa shape index (κ2) is 54.5. The maximum Gasteiger partial charge on any atom is 0.220 e. The van der Waals surface area contributed by atoms with Gasteiger partial charge in [0.1, 0.15) is 73.2 Å². The second-order valence-corrected chi connectivity index (χ2v) is 26.0. The summed E-state index contributed by atoms with van der Waals surface area (Å²) in [6, 6.07) is -0.997. The fourth-order valence-electron chi connectivity index (χ4n) is 12.1. The molecule has 3 aliphatic rings. The van der Waals surface area contributed by atoms with E-state index in [-0.39, 0.29) is 18.9 Å². The van der Waals surface area contributed by atoms with Crippen LogP contribution >= 0.6 is 0 Å². The average molecular weight is 1310 g/mol. The van der Waals surface area contributed by atoms with Gasteiger partial charge in [0.15, 0.2) is 18.9 Å². The summed E-state index contributed by atoms with van der Waals surface area (Å²) in [7, 11) is 0. The van der Waals surface area contributed by atoms with Crippen LogP contribution in [0.4, 0.5) is 0 Å². The summed E-state index contributed by atoms with van der Waals surface area (Å²) in [5.74, 6) is -0.288. The molecular weight excluding hydrogens is 1180 g/mol. The fraction of sp³-hybridized carbons (Fsp3) is 0.849. The van der Waals surface area contributed by atoms with Crippen molar-refractivity contribution in [1.82, 2.24) is 5.32 Å². The van der Waals surface area contributed by atoms with E-state index in [4.69, 9.17) is 28.4 Å². The standard InChI is InChI=1S/C73H131NO18/c1-3-5-7-9-11-13-15-17-19-21-22-23-24-25-26-27-28-29-30-31-32-33-34-35-37-39-41-43-45-47-49-51-61(79)74-56(57(78)50-48-46-44-42-40-38-36-20-18-16-14-12-10-8-6-4-2)55-87-71-67(85)64(82)69(59(53-76)89-71)92-73-68(86)65(83)70(60(54-77)90-73)91-72-66(84)63(81)62(80)58(52-75)88-72/h15,17-18,20-22,40,42,48,50,56-60,62-73,75-78,80-86H,3-14,16,19,23-39,41,43-47,49,51-55H2,1-2H3,(H,74,79)/b17-15-,20-18+,22-21-,42-40+,50-48+. The lowest BCUT2D eigenvalue weighted by Crippen LogP contribution is -2.66. The molecule has 92 heavy (non-hydrogen) atoms. The van der Waals surface area contributed by atoms with E-state index in [1.54, 1.807) is 6.08 Å². The molecule has 0 bridgehead atoms. The van der Waals surface area contributed by atoms with Gasteiger partial charge in [-0.2, -0.15) is 0 Å². The first-order valence-corrected chi connectivity index (χ1v) is 36.5. The average Bonchev–Trinajstić information content (AvgIpc) is 0.834. The van der Waals surface area contributed by atoms with Gasteiger partial charge in [0, 0.05) is 6.42 Å². The van der Waals surface area contributed by atoms with Crippen LogP contribution in [-0.4, -0.2) is 193 Å². The molecule has 3 saturated heterocycles. The zero-order valence-electron chi connectivity index (χ0n) is 56.8. The van der Waals surface area contributed by atoms with Gasteiger partial charge in [0.05, 0.1) is 38.6 Å². The minimum absolute atomic E-state index is 0.233. The monoisotopic (exact) mass is 1310 g/mol. The second-order valence-electron chi connectivity index (χ2n) is 26.0. The predicted molar refractivity (Wildman–Crippen MR) is 360 cm³/mol. The molecule has 3 fully saturated rings. The lowest BCUT2D eigenvalue weighted by atomic mass is 9.96. The Hall–Kier alpha value is -2.51. The summed E-state index contributed by atoms with van der Waals surface area (Å²) < 4.78 is 34.3. The Morgan fingerprint density at radius 3 is 1.15 bits per heavy atom. The van der Waals surface area contributed by atoms with E-state index in [1.807, 2.05) is 6.08 Å². The quantitative estimate of drug-likeness (QED) is 0.0199. The molecule has 0 aromatic heterocycles. The Labute approximate surface area is 554 Å². The number of aliphatic hydroxyl groups is 11. The normalized spacial score (nSPS) is 28.0. The van der Waals surface area contributed by atoms with Gasteiger partial charge in [-0.15, -0.1) is 0 Å². The van der Waals surface area contributed by atoms with Crippen LogP contribution < -0.4 is 5.32 Å². The topological polar surface area (TPSA) is 307 Å². The molecule has 19 heteroatoms. The summed E-state index contributed by atoms with van der Waals surface area (Å²) in [5.41, 5.74) is 0. The first kappa shape index (κ1) is 83.7. The number of allylic oxidation sites excluding steroid dienone is 9. The summed E-state index contributed by atoms with van der Waals surface area (Å²) in [6.07, 6.45) is 40.7. The van der Waals surface area contributed by atoms with Crippen molar-refractivity contribution in [3.05, 3.63) is 60.8 Å². The molecule has 12 N–H and O–H groups in total. The minimum atomic E-state index is -1.98. The Balaban J connectivity index is 1.38. The van der Waals surface area contributed by atoms with Crippen LogP contribution in [-0.2, 0) is 33.2 Å². The molecule has 3 heterocycles. The molecular formula is C73H131NO18. The first-order chi connectivity index (χ1) is 44.8. The lowest BCUT2D eigenvalue weighted by molar-refractivity contribution is -0.379. The van der Waals surface area contributed by atoms with Gasteiger partial charge in [-0.05, 0) is 77.0 Å². The van der Waals surface area contributed by atoms with Gasteiger partial charge in [0.2, 0.25) is 5.91 Å². The maximum absolute atomic E-state index is 13.4. The van der Waals surface area contributed by atoms with Crippen molar-refractivity contribution in [2.75, 3.05) is 26.4 Å². The van der Waals surface area contributed by atoms with Crippen LogP contribution in [0.3, 0.4) is 0 Å². The van der Waals surface area contributed by atoms with Gasteiger partial charge in [-0.3, -0.25) is 4.79 Å². The Kier molecular flexibility index (Phi) is 49.6. The Morgan fingerprint density at radius 2 is 0.728 bits per heavy atom. The number of nitrogens with one attached hydrogen (secondary N) is 1. The van der Waals surface area contributed by atoms with E-state index in [9.17, 15) is 61.0 Å². The van der Waals surface area contributed by atoms with Gasteiger partial charge >= 0.3 is 0 Å². The van der Waals surface area contributed by atoms with Crippen LogP contribution in [0.2, 0.25) is 0 Å². The fourth-order valence-corrected chi connectivity index (χ4v) is 12.1. The summed E-state index contributed by atoms with van der Waals surface area (Å²) >= 11 is 0. The predicted octanol–water partition coefficient (Wildman–Crippen LogP) is 10.3. The van der Waals surface area contributed by atoms with Gasteiger partial charge in [0.25, 0.3) is 0 Å². The van der Waals surface area contributed by atoms with E-state index < -0.39 is 124 Å². The third-order valence-corrected chi connectivity index (χ3v) is 18.0. The minimum Gasteiger partial charge on any atom is -0.394 e. The first-order valence-electron chi connectivity index (χ1n) is 36.5. The molecule has 0 saturated carbocycles. The molecule has 17 unspecified atom stereocenters. The Bertz CT molecular complexity index is 1900. The van der Waals surface area contributed by atoms with Gasteiger partial charge < -0.3 is 89.9 Å². The number of rotatable bonds is 56. The number of hydrogen-bond acceptors (Lipinski definition) is 18. The molecule has 19 nitrogen and oxygen atoms in total. The SMILES string of the molecule is CCCCCCC/C=C\C/C=C\CCCCCCCCCCCCCCCCCCCCCC(=O)NC(COC1OC(CO)C(OC2OC(CO)C(OC3OC(CO)C(O)C(O)C3O)C(O)C2O)C(O)C1O)C(O)/C=C/CC/C=C/CC/C=C/CCCCCCCC. The number of amides is 1. The van der Waals surface area contributed by atoms with Crippen LogP contribution in [0.15, 0.2) is 60.8 Å². The van der Waals surface area contributed by atoms with Gasteiger partial charge in [-0.25, -0.2) is 0 Å². The highest BCUT2D eigenvalue weighted by molar-refractivity contribution is 5.76. The highest BCUT2D eigenvalue weighted by Crippen LogP contribution is 2.33. The van der Waals surface area contributed by atoms with E-state index >= 15 is 0 Å². The van der Waals surface area contributed by atoms with Crippen molar-refractivity contribution in [1.29, 1.82) is 0 Å². The van der Waals surface area contributed by atoms with Crippen molar-refractivity contribution < 1.29 is 89.4 Å². The molecule has 0 aromatic rings. The number of hydrogen-bond donors (Lipinski definition) is 12. The number of aliphatic hydroxyl groups excluding tert-OH is 11. The van der Waals surface area contributed by atoms with Crippen LogP contribution in [0.1, 0.15) is 264 Å². The van der Waals surface area contributed by atoms with E-state index in [0.29, 0.717) is 12.8 Å². The molecule has 0 spiro atoms.